The first-order valence-electron chi connectivity index (χ1n) is 9.96. The van der Waals surface area contributed by atoms with Gasteiger partial charge in [-0.15, -0.1) is 0 Å². The summed E-state index contributed by atoms with van der Waals surface area (Å²) >= 11 is 0.842. The Kier molecular flexibility index (Phi) is 7.55. The lowest BCUT2D eigenvalue weighted by Crippen LogP contribution is -2.28. The van der Waals surface area contributed by atoms with Gasteiger partial charge in [0.25, 0.3) is 0 Å². The van der Waals surface area contributed by atoms with Crippen molar-refractivity contribution < 1.29 is 9.59 Å². The zero-order valence-electron chi connectivity index (χ0n) is 17.2. The van der Waals surface area contributed by atoms with Crippen LogP contribution in [-0.4, -0.2) is 27.4 Å². The second-order valence-corrected chi connectivity index (χ2v) is 7.88. The van der Waals surface area contributed by atoms with Gasteiger partial charge in [-0.2, -0.15) is 0 Å². The van der Waals surface area contributed by atoms with Crippen LogP contribution in [0.15, 0.2) is 64.2 Å². The summed E-state index contributed by atoms with van der Waals surface area (Å²) in [6, 6.07) is 16.1. The van der Waals surface area contributed by atoms with E-state index >= 15 is 0 Å². The third kappa shape index (κ3) is 6.02. The molecule has 0 radical (unpaired) electrons. The molecule has 1 heterocycles. The van der Waals surface area contributed by atoms with E-state index in [4.69, 9.17) is 0 Å². The number of anilines is 1. The Balaban J connectivity index is 1.62. The number of nitrogens with zero attached hydrogens (tertiary/aromatic N) is 2. The summed E-state index contributed by atoms with van der Waals surface area (Å²) in [7, 11) is 1.59. The molecule has 162 valence electrons. The van der Waals surface area contributed by atoms with Gasteiger partial charge in [-0.05, 0) is 42.7 Å². The molecule has 3 aromatic rings. The minimum Gasteiger partial charge on any atom is -0.359 e. The first-order chi connectivity index (χ1) is 15.0. The molecule has 0 fully saturated rings. The highest BCUT2D eigenvalue weighted by Crippen LogP contribution is 2.14. The van der Waals surface area contributed by atoms with Crippen LogP contribution < -0.4 is 21.2 Å². The lowest BCUT2D eigenvalue weighted by atomic mass is 10.2. The lowest BCUT2D eigenvalue weighted by Gasteiger charge is -2.06. The van der Waals surface area contributed by atoms with E-state index in [0.717, 1.165) is 17.1 Å². The van der Waals surface area contributed by atoms with E-state index in [1.54, 1.807) is 31.3 Å². The largest absolute Gasteiger partial charge is 0.359 e. The SMILES string of the molecule is CNC(=O)CCCCC(=O)Nc1ccc(-n2sc(=O)n(Cc3ccccc3)c2=O)cc1. The summed E-state index contributed by atoms with van der Waals surface area (Å²) in [5, 5.41) is 5.34. The average molecular weight is 441 g/mol. The summed E-state index contributed by atoms with van der Waals surface area (Å²) in [6.45, 7) is 0.218. The third-order valence-electron chi connectivity index (χ3n) is 4.70. The van der Waals surface area contributed by atoms with Crippen LogP contribution in [0.5, 0.6) is 0 Å². The van der Waals surface area contributed by atoms with E-state index in [-0.39, 0.29) is 23.2 Å². The van der Waals surface area contributed by atoms with Crippen molar-refractivity contribution >= 4 is 29.0 Å². The van der Waals surface area contributed by atoms with Crippen molar-refractivity contribution in [3.63, 3.8) is 0 Å². The number of unbranched alkanes of at least 4 members (excludes halogenated alkanes) is 1. The van der Waals surface area contributed by atoms with Gasteiger partial charge in [-0.1, -0.05) is 30.3 Å². The normalized spacial score (nSPS) is 10.6. The van der Waals surface area contributed by atoms with E-state index < -0.39 is 5.69 Å². The van der Waals surface area contributed by atoms with E-state index in [1.165, 1.54) is 8.52 Å². The fraction of sp³-hybridized carbons (Fsp3) is 0.273. The number of amides is 2. The van der Waals surface area contributed by atoms with Gasteiger partial charge in [0.15, 0.2) is 0 Å². The minimum absolute atomic E-state index is 0.0360. The van der Waals surface area contributed by atoms with Crippen LogP contribution in [0, 0.1) is 0 Å². The number of carbonyl (C=O) groups is 2. The third-order valence-corrected chi connectivity index (χ3v) is 5.63. The smallest absolute Gasteiger partial charge is 0.346 e. The lowest BCUT2D eigenvalue weighted by molar-refractivity contribution is -0.121. The molecular weight excluding hydrogens is 416 g/mol. The van der Waals surface area contributed by atoms with Gasteiger partial charge in [0.1, 0.15) is 0 Å². The Morgan fingerprint density at radius 1 is 0.903 bits per heavy atom. The van der Waals surface area contributed by atoms with E-state index in [0.29, 0.717) is 37.1 Å². The predicted molar refractivity (Wildman–Crippen MR) is 121 cm³/mol. The quantitative estimate of drug-likeness (QED) is 0.499. The molecule has 0 unspecified atom stereocenters. The summed E-state index contributed by atoms with van der Waals surface area (Å²) in [6.07, 6.45) is 1.99. The molecule has 0 aliphatic heterocycles. The fourth-order valence-corrected chi connectivity index (χ4v) is 3.82. The Bertz CT molecular complexity index is 1150. The summed E-state index contributed by atoms with van der Waals surface area (Å²) in [5.41, 5.74) is 1.64. The highest BCUT2D eigenvalue weighted by Gasteiger charge is 2.12. The summed E-state index contributed by atoms with van der Waals surface area (Å²) < 4.78 is 2.55. The Labute approximate surface area is 183 Å². The van der Waals surface area contributed by atoms with Gasteiger partial charge in [0.05, 0.1) is 12.2 Å². The molecule has 2 amide bonds. The van der Waals surface area contributed by atoms with Gasteiger partial charge in [-0.25, -0.2) is 13.3 Å². The maximum atomic E-state index is 12.7. The fourth-order valence-electron chi connectivity index (χ4n) is 3.02. The number of rotatable bonds is 9. The number of hydrogen-bond acceptors (Lipinski definition) is 5. The molecule has 0 saturated heterocycles. The molecular formula is C22H24N4O4S. The van der Waals surface area contributed by atoms with Crippen LogP contribution in [0.3, 0.4) is 0 Å². The molecule has 2 N–H and O–H groups in total. The molecule has 0 bridgehead atoms. The molecule has 9 heteroatoms. The molecule has 0 aliphatic rings. The van der Waals surface area contributed by atoms with Gasteiger partial charge < -0.3 is 10.6 Å². The number of carbonyl (C=O) groups excluding carboxylic acids is 2. The predicted octanol–water partition coefficient (Wildman–Crippen LogP) is 2.35. The van der Waals surface area contributed by atoms with Crippen molar-refractivity contribution in [2.24, 2.45) is 0 Å². The Morgan fingerprint density at radius 3 is 2.19 bits per heavy atom. The molecule has 8 nitrogen and oxygen atoms in total. The highest BCUT2D eigenvalue weighted by molar-refractivity contribution is 7.03. The van der Waals surface area contributed by atoms with E-state index in [1.807, 2.05) is 30.3 Å². The maximum Gasteiger partial charge on any atom is 0.346 e. The molecule has 0 saturated carbocycles. The first kappa shape index (κ1) is 22.2. The van der Waals surface area contributed by atoms with Crippen molar-refractivity contribution in [3.05, 3.63) is 80.3 Å². The zero-order valence-corrected chi connectivity index (χ0v) is 18.0. The van der Waals surface area contributed by atoms with Crippen LogP contribution in [-0.2, 0) is 16.1 Å². The molecule has 0 spiro atoms. The molecule has 1 aromatic heterocycles. The maximum absolute atomic E-state index is 12.7. The Hall–Kier alpha value is -3.46. The van der Waals surface area contributed by atoms with Crippen LogP contribution in [0.25, 0.3) is 5.69 Å². The van der Waals surface area contributed by atoms with Crippen molar-refractivity contribution in [2.45, 2.75) is 32.2 Å². The number of benzene rings is 2. The number of aromatic nitrogens is 2. The Morgan fingerprint density at radius 2 is 1.55 bits per heavy atom. The highest BCUT2D eigenvalue weighted by atomic mass is 32.1. The number of hydrogen-bond donors (Lipinski definition) is 2. The molecule has 31 heavy (non-hydrogen) atoms. The first-order valence-corrected chi connectivity index (χ1v) is 10.7. The van der Waals surface area contributed by atoms with Crippen molar-refractivity contribution in [1.29, 1.82) is 0 Å². The van der Waals surface area contributed by atoms with Crippen molar-refractivity contribution in [3.8, 4) is 5.69 Å². The van der Waals surface area contributed by atoms with Crippen LogP contribution in [0.1, 0.15) is 31.2 Å². The van der Waals surface area contributed by atoms with Crippen LogP contribution >= 0.6 is 11.5 Å². The molecule has 0 atom stereocenters. The monoisotopic (exact) mass is 440 g/mol. The molecule has 0 aliphatic carbocycles. The molecule has 3 rings (SSSR count). The summed E-state index contributed by atoms with van der Waals surface area (Å²) in [5.74, 6) is -0.174. The second-order valence-electron chi connectivity index (χ2n) is 6.98. The van der Waals surface area contributed by atoms with Gasteiger partial charge >= 0.3 is 10.6 Å². The van der Waals surface area contributed by atoms with Crippen molar-refractivity contribution in [1.82, 2.24) is 13.8 Å². The summed E-state index contributed by atoms with van der Waals surface area (Å²) in [4.78, 5) is 47.9. The van der Waals surface area contributed by atoms with Gasteiger partial charge in [0.2, 0.25) is 11.8 Å². The van der Waals surface area contributed by atoms with E-state index in [9.17, 15) is 19.2 Å². The second kappa shape index (κ2) is 10.5. The molecule has 2 aromatic carbocycles. The van der Waals surface area contributed by atoms with Crippen molar-refractivity contribution in [2.75, 3.05) is 12.4 Å². The van der Waals surface area contributed by atoms with Gasteiger partial charge in [-0.3, -0.25) is 14.4 Å². The standard InChI is InChI=1S/C22H24N4O4S/c1-23-19(27)9-5-6-10-20(28)24-17-11-13-18(14-12-17)26-21(29)25(22(30)31-26)15-16-7-3-2-4-8-16/h2-4,7-8,11-14H,5-6,9-10,15H2,1H3,(H,23,27)(H,24,28). The number of nitrogens with one attached hydrogen (secondary N) is 2. The van der Waals surface area contributed by atoms with Gasteiger partial charge in [0, 0.05) is 37.1 Å². The van der Waals surface area contributed by atoms with Crippen LogP contribution in [0.2, 0.25) is 0 Å². The minimum atomic E-state index is -0.397. The average Bonchev–Trinajstić information content (AvgIpc) is 3.06. The van der Waals surface area contributed by atoms with Crippen LogP contribution in [0.4, 0.5) is 5.69 Å². The zero-order chi connectivity index (χ0) is 22.2. The van der Waals surface area contributed by atoms with E-state index in [2.05, 4.69) is 10.6 Å². The topological polar surface area (TPSA) is 102 Å².